The topological polar surface area (TPSA) is 58.6 Å². The molecule has 0 spiro atoms. The molecule has 0 unspecified atom stereocenters. The molecule has 1 aromatic rings. The maximum atomic E-state index is 13.0. The van der Waals surface area contributed by atoms with Crippen LogP contribution in [0.1, 0.15) is 29.3 Å². The van der Waals surface area contributed by atoms with Gasteiger partial charge in [0.05, 0.1) is 12.1 Å². The van der Waals surface area contributed by atoms with Crippen LogP contribution in [0.2, 0.25) is 0 Å². The molecule has 19 heavy (non-hydrogen) atoms. The van der Waals surface area contributed by atoms with Gasteiger partial charge in [-0.2, -0.15) is 0 Å². The van der Waals surface area contributed by atoms with Crippen molar-refractivity contribution in [2.24, 2.45) is 0 Å². The SMILES string of the molecule is COC[C@](C)(CCO)NC(=O)c1ccc(F)cc1C. The van der Waals surface area contributed by atoms with Crippen LogP contribution in [0.5, 0.6) is 0 Å². The van der Waals surface area contributed by atoms with Gasteiger partial charge < -0.3 is 15.2 Å². The molecule has 1 rings (SSSR count). The van der Waals surface area contributed by atoms with Crippen molar-refractivity contribution < 1.29 is 19.0 Å². The van der Waals surface area contributed by atoms with Gasteiger partial charge in [0.1, 0.15) is 5.82 Å². The van der Waals surface area contributed by atoms with E-state index in [0.29, 0.717) is 24.2 Å². The second kappa shape index (κ2) is 6.63. The molecule has 0 aromatic heterocycles. The molecule has 0 saturated heterocycles. The fourth-order valence-corrected chi connectivity index (χ4v) is 1.96. The number of rotatable bonds is 6. The standard InChI is InChI=1S/C14H20FNO3/c1-10-8-11(15)4-5-12(10)13(18)16-14(2,6-7-17)9-19-3/h4-5,8,17H,6-7,9H2,1-3H3,(H,16,18)/t14-/m0/s1. The summed E-state index contributed by atoms with van der Waals surface area (Å²) in [5.41, 5.74) is 0.337. The number of carbonyl (C=O) groups is 1. The van der Waals surface area contributed by atoms with Crippen LogP contribution in [0.3, 0.4) is 0 Å². The number of benzene rings is 1. The summed E-state index contributed by atoms with van der Waals surface area (Å²) in [6.45, 7) is 3.71. The van der Waals surface area contributed by atoms with E-state index < -0.39 is 5.54 Å². The lowest BCUT2D eigenvalue weighted by atomic mass is 9.98. The first-order chi connectivity index (χ1) is 8.91. The summed E-state index contributed by atoms with van der Waals surface area (Å²) in [6, 6.07) is 4.02. The molecular weight excluding hydrogens is 249 g/mol. The van der Waals surface area contributed by atoms with Crippen LogP contribution in [0, 0.1) is 12.7 Å². The van der Waals surface area contributed by atoms with E-state index in [-0.39, 0.29) is 18.3 Å². The van der Waals surface area contributed by atoms with Crippen molar-refractivity contribution in [2.45, 2.75) is 25.8 Å². The zero-order chi connectivity index (χ0) is 14.5. The molecule has 0 aliphatic carbocycles. The van der Waals surface area contributed by atoms with Gasteiger partial charge in [-0.15, -0.1) is 0 Å². The normalized spacial score (nSPS) is 13.9. The number of amides is 1. The fraction of sp³-hybridized carbons (Fsp3) is 0.500. The third-order valence-corrected chi connectivity index (χ3v) is 2.97. The number of aryl methyl sites for hydroxylation is 1. The molecule has 0 aliphatic heterocycles. The van der Waals surface area contributed by atoms with E-state index in [9.17, 15) is 9.18 Å². The Morgan fingerprint density at radius 2 is 2.21 bits per heavy atom. The molecule has 0 aliphatic rings. The number of nitrogens with one attached hydrogen (secondary N) is 1. The number of carbonyl (C=O) groups excluding carboxylic acids is 1. The zero-order valence-corrected chi connectivity index (χ0v) is 11.5. The predicted molar refractivity (Wildman–Crippen MR) is 70.6 cm³/mol. The number of hydrogen-bond donors (Lipinski definition) is 2. The van der Waals surface area contributed by atoms with Gasteiger partial charge in [-0.25, -0.2) is 4.39 Å². The van der Waals surface area contributed by atoms with Crippen LogP contribution >= 0.6 is 0 Å². The molecule has 0 fully saturated rings. The predicted octanol–water partition coefficient (Wildman–Crippen LogP) is 1.65. The third-order valence-electron chi connectivity index (χ3n) is 2.97. The van der Waals surface area contributed by atoms with Gasteiger partial charge in [0, 0.05) is 19.3 Å². The minimum absolute atomic E-state index is 0.0530. The largest absolute Gasteiger partial charge is 0.396 e. The lowest BCUT2D eigenvalue weighted by Crippen LogP contribution is -2.50. The van der Waals surface area contributed by atoms with E-state index in [1.54, 1.807) is 13.8 Å². The average Bonchev–Trinajstić information content (AvgIpc) is 2.28. The highest BCUT2D eigenvalue weighted by atomic mass is 19.1. The van der Waals surface area contributed by atoms with Crippen molar-refractivity contribution in [3.8, 4) is 0 Å². The van der Waals surface area contributed by atoms with Gasteiger partial charge in [-0.05, 0) is 44.0 Å². The molecule has 0 bridgehead atoms. The summed E-state index contributed by atoms with van der Waals surface area (Å²) >= 11 is 0. The van der Waals surface area contributed by atoms with E-state index >= 15 is 0 Å². The highest BCUT2D eigenvalue weighted by Crippen LogP contribution is 2.14. The van der Waals surface area contributed by atoms with E-state index in [1.165, 1.54) is 25.3 Å². The third kappa shape index (κ3) is 4.29. The van der Waals surface area contributed by atoms with Gasteiger partial charge in [0.15, 0.2) is 0 Å². The van der Waals surface area contributed by atoms with Gasteiger partial charge in [-0.3, -0.25) is 4.79 Å². The van der Waals surface area contributed by atoms with Crippen molar-refractivity contribution in [3.05, 3.63) is 35.1 Å². The van der Waals surface area contributed by atoms with Crippen molar-refractivity contribution >= 4 is 5.91 Å². The molecule has 2 N–H and O–H groups in total. The Balaban J connectivity index is 2.87. The van der Waals surface area contributed by atoms with Crippen LogP contribution in [0.15, 0.2) is 18.2 Å². The number of halogens is 1. The molecule has 0 heterocycles. The molecule has 1 aromatic carbocycles. The number of hydrogen-bond acceptors (Lipinski definition) is 3. The number of aliphatic hydroxyl groups excluding tert-OH is 1. The Bertz CT molecular complexity index is 442. The molecule has 1 amide bonds. The van der Waals surface area contributed by atoms with Gasteiger partial charge >= 0.3 is 0 Å². The zero-order valence-electron chi connectivity index (χ0n) is 11.5. The molecule has 4 nitrogen and oxygen atoms in total. The van der Waals surface area contributed by atoms with Crippen LogP contribution in [0.25, 0.3) is 0 Å². The smallest absolute Gasteiger partial charge is 0.252 e. The van der Waals surface area contributed by atoms with E-state index in [4.69, 9.17) is 9.84 Å². The summed E-state index contributed by atoms with van der Waals surface area (Å²) in [6.07, 6.45) is 0.382. The quantitative estimate of drug-likeness (QED) is 0.825. The monoisotopic (exact) mass is 269 g/mol. The molecule has 106 valence electrons. The Hall–Kier alpha value is -1.46. The molecule has 5 heteroatoms. The lowest BCUT2D eigenvalue weighted by Gasteiger charge is -2.29. The number of aliphatic hydroxyl groups is 1. The summed E-state index contributed by atoms with van der Waals surface area (Å²) in [4.78, 5) is 12.2. The average molecular weight is 269 g/mol. The summed E-state index contributed by atoms with van der Waals surface area (Å²) in [7, 11) is 1.53. The van der Waals surface area contributed by atoms with E-state index in [0.717, 1.165) is 0 Å². The van der Waals surface area contributed by atoms with Crippen molar-refractivity contribution in [3.63, 3.8) is 0 Å². The Morgan fingerprint density at radius 3 is 2.74 bits per heavy atom. The van der Waals surface area contributed by atoms with Crippen molar-refractivity contribution in [2.75, 3.05) is 20.3 Å². The van der Waals surface area contributed by atoms with Crippen LogP contribution in [-0.4, -0.2) is 36.9 Å². The van der Waals surface area contributed by atoms with E-state index in [1.807, 2.05) is 0 Å². The highest BCUT2D eigenvalue weighted by Gasteiger charge is 2.26. The second-order valence-corrected chi connectivity index (χ2v) is 4.88. The minimum Gasteiger partial charge on any atom is -0.396 e. The lowest BCUT2D eigenvalue weighted by molar-refractivity contribution is 0.0725. The highest BCUT2D eigenvalue weighted by molar-refractivity contribution is 5.96. The molecule has 0 saturated carbocycles. The Morgan fingerprint density at radius 1 is 1.53 bits per heavy atom. The second-order valence-electron chi connectivity index (χ2n) is 4.88. The van der Waals surface area contributed by atoms with Crippen molar-refractivity contribution in [1.82, 2.24) is 5.32 Å². The Kier molecular flexibility index (Phi) is 5.44. The van der Waals surface area contributed by atoms with Crippen molar-refractivity contribution in [1.29, 1.82) is 0 Å². The first-order valence-electron chi connectivity index (χ1n) is 6.10. The fourth-order valence-electron chi connectivity index (χ4n) is 1.96. The van der Waals surface area contributed by atoms with Gasteiger partial charge in [0.2, 0.25) is 0 Å². The number of ether oxygens (including phenoxy) is 1. The minimum atomic E-state index is -0.651. The summed E-state index contributed by atoms with van der Waals surface area (Å²) in [5.74, 6) is -0.672. The van der Waals surface area contributed by atoms with Gasteiger partial charge in [-0.1, -0.05) is 0 Å². The number of methoxy groups -OCH3 is 1. The summed E-state index contributed by atoms with van der Waals surface area (Å²) in [5, 5.41) is 11.9. The maximum absolute atomic E-state index is 13.0. The molecule has 1 atom stereocenters. The van der Waals surface area contributed by atoms with Crippen LogP contribution < -0.4 is 5.32 Å². The van der Waals surface area contributed by atoms with Crippen LogP contribution in [-0.2, 0) is 4.74 Å². The maximum Gasteiger partial charge on any atom is 0.252 e. The first-order valence-corrected chi connectivity index (χ1v) is 6.10. The van der Waals surface area contributed by atoms with E-state index in [2.05, 4.69) is 5.32 Å². The molecular formula is C14H20FNO3. The van der Waals surface area contributed by atoms with Crippen LogP contribution in [0.4, 0.5) is 4.39 Å². The summed E-state index contributed by atoms with van der Waals surface area (Å²) < 4.78 is 18.1. The van der Waals surface area contributed by atoms with Gasteiger partial charge in [0.25, 0.3) is 5.91 Å². The Labute approximate surface area is 112 Å². The first kappa shape index (κ1) is 15.6. The molecule has 0 radical (unpaired) electrons.